The Balaban J connectivity index is 1.41. The molecule has 1 aliphatic rings. The summed E-state index contributed by atoms with van der Waals surface area (Å²) < 4.78 is 72.0. The molecule has 5 aromatic rings. The van der Waals surface area contributed by atoms with Crippen LogP contribution in [0, 0.1) is 0 Å². The molecule has 1 fully saturated rings. The van der Waals surface area contributed by atoms with E-state index in [0.717, 1.165) is 24.0 Å². The van der Waals surface area contributed by atoms with Gasteiger partial charge in [0.15, 0.2) is 6.61 Å². The first-order valence-corrected chi connectivity index (χ1v) is 14.4. The summed E-state index contributed by atoms with van der Waals surface area (Å²) in [4.78, 5) is 8.39. The lowest BCUT2D eigenvalue weighted by Gasteiger charge is -2.22. The molecule has 5 heterocycles. The molecule has 0 radical (unpaired) electrons. The number of nitrogen functional groups attached to an aromatic ring is 1. The predicted molar refractivity (Wildman–Crippen MR) is 148 cm³/mol. The number of hydrogen-bond acceptors (Lipinski definition) is 10. The maximum Gasteiger partial charge on any atom is 0.355 e. The van der Waals surface area contributed by atoms with Crippen LogP contribution in [0.5, 0.6) is 5.75 Å². The van der Waals surface area contributed by atoms with E-state index in [-0.39, 0.29) is 35.8 Å². The summed E-state index contributed by atoms with van der Waals surface area (Å²) in [7, 11) is -3.20. The van der Waals surface area contributed by atoms with Gasteiger partial charge in [-0.25, -0.2) is 18.4 Å². The van der Waals surface area contributed by atoms with Crippen molar-refractivity contribution >= 4 is 32.4 Å². The molecule has 1 aliphatic heterocycles. The second kappa shape index (κ2) is 11.0. The number of aryl methyl sites for hydroxylation is 1. The van der Waals surface area contributed by atoms with Crippen LogP contribution < -0.4 is 15.2 Å². The molecule has 1 saturated heterocycles. The fraction of sp³-hybridized carbons (Fsp3) is 0.308. The first kappa shape index (κ1) is 27.6. The smallest absolute Gasteiger partial charge is 0.355 e. The third-order valence-electron chi connectivity index (χ3n) is 6.95. The van der Waals surface area contributed by atoms with Crippen molar-refractivity contribution in [3.05, 3.63) is 55.1 Å². The quantitative estimate of drug-likeness (QED) is 0.253. The van der Waals surface area contributed by atoms with Gasteiger partial charge in [0.25, 0.3) is 10.0 Å². The lowest BCUT2D eigenvalue weighted by molar-refractivity contribution is 0.0662. The van der Waals surface area contributed by atoms with Crippen molar-refractivity contribution in [2.75, 3.05) is 23.7 Å². The van der Waals surface area contributed by atoms with Crippen LogP contribution in [-0.4, -0.2) is 56.9 Å². The average Bonchev–Trinajstić information content (AvgIpc) is 3.75. The number of alkyl halides is 2. The Labute approximate surface area is 238 Å². The number of benzene rings is 1. The number of halogens is 2. The molecule has 4 aromatic heterocycles. The molecule has 0 aliphatic carbocycles. The summed E-state index contributed by atoms with van der Waals surface area (Å²) in [6.45, 7) is 1.18. The minimum absolute atomic E-state index is 0.0471. The van der Waals surface area contributed by atoms with Crippen molar-refractivity contribution in [1.82, 2.24) is 29.5 Å². The van der Waals surface area contributed by atoms with Gasteiger partial charge in [0, 0.05) is 49.3 Å². The van der Waals surface area contributed by atoms with E-state index in [4.69, 9.17) is 24.7 Å². The average molecular weight is 601 g/mol. The zero-order chi connectivity index (χ0) is 29.4. The van der Waals surface area contributed by atoms with Gasteiger partial charge < -0.3 is 19.6 Å². The summed E-state index contributed by atoms with van der Waals surface area (Å²) in [5.74, 6) is -3.27. The normalized spacial score (nSPS) is 14.6. The predicted octanol–water partition coefficient (Wildman–Crippen LogP) is 3.96. The lowest BCUT2D eigenvalue weighted by atomic mass is 10.0. The number of nitrogens with two attached hydrogens (primary N) is 1. The maximum atomic E-state index is 13.1. The van der Waals surface area contributed by atoms with Gasteiger partial charge in [-0.15, -0.1) is 0 Å². The second-order valence-corrected chi connectivity index (χ2v) is 11.3. The number of oxazole rings is 1. The fourth-order valence-corrected chi connectivity index (χ4v) is 5.47. The Bertz CT molecular complexity index is 1830. The molecule has 6 rings (SSSR count). The van der Waals surface area contributed by atoms with Gasteiger partial charge in [-0.1, -0.05) is 6.07 Å². The number of fused-ring (bicyclic) bond motifs is 1. The summed E-state index contributed by atoms with van der Waals surface area (Å²) in [5, 5.41) is 9.82. The van der Waals surface area contributed by atoms with Crippen molar-refractivity contribution in [2.45, 2.75) is 31.2 Å². The molecule has 42 heavy (non-hydrogen) atoms. The van der Waals surface area contributed by atoms with Crippen LogP contribution in [0.2, 0.25) is 0 Å². The van der Waals surface area contributed by atoms with E-state index in [1.165, 1.54) is 30.7 Å². The molecular formula is C26H26F2N8O5S. The first-order valence-electron chi connectivity index (χ1n) is 12.9. The van der Waals surface area contributed by atoms with Gasteiger partial charge in [-0.05, 0) is 25.0 Å². The Hall–Kier alpha value is -4.57. The molecule has 220 valence electrons. The molecular weight excluding hydrogens is 574 g/mol. The monoisotopic (exact) mass is 600 g/mol. The second-order valence-electron chi connectivity index (χ2n) is 9.64. The molecule has 16 heteroatoms. The van der Waals surface area contributed by atoms with E-state index < -0.39 is 15.8 Å². The highest BCUT2D eigenvalue weighted by Crippen LogP contribution is 2.39. The Morgan fingerprint density at radius 3 is 2.74 bits per heavy atom. The maximum absolute atomic E-state index is 13.1. The molecule has 1 aromatic carbocycles. The summed E-state index contributed by atoms with van der Waals surface area (Å²) in [6.07, 6.45) is 9.90. The fourth-order valence-electron chi connectivity index (χ4n) is 4.91. The van der Waals surface area contributed by atoms with Crippen LogP contribution in [0.1, 0.15) is 24.8 Å². The van der Waals surface area contributed by atoms with E-state index >= 15 is 0 Å². The van der Waals surface area contributed by atoms with Crippen LogP contribution in [0.25, 0.3) is 33.3 Å². The van der Waals surface area contributed by atoms with Gasteiger partial charge in [-0.3, -0.25) is 14.1 Å². The minimum atomic E-state index is -4.97. The van der Waals surface area contributed by atoms with E-state index in [1.54, 1.807) is 24.1 Å². The van der Waals surface area contributed by atoms with Crippen molar-refractivity contribution in [1.29, 1.82) is 0 Å². The number of hydrogen-bond donors (Lipinski definition) is 2. The molecule has 0 spiro atoms. The van der Waals surface area contributed by atoms with E-state index in [1.807, 2.05) is 15.6 Å². The van der Waals surface area contributed by atoms with E-state index in [0.29, 0.717) is 35.4 Å². The topological polar surface area (TPSA) is 165 Å². The number of pyridine rings is 1. The zero-order valence-corrected chi connectivity index (χ0v) is 23.1. The van der Waals surface area contributed by atoms with Crippen LogP contribution in [-0.2, 0) is 28.4 Å². The Morgan fingerprint density at radius 2 is 2.00 bits per heavy atom. The third-order valence-corrected chi connectivity index (χ3v) is 7.92. The number of aromatic nitrogens is 6. The van der Waals surface area contributed by atoms with Crippen molar-refractivity contribution in [3.63, 3.8) is 0 Å². The van der Waals surface area contributed by atoms with Crippen LogP contribution in [0.15, 0.2) is 53.7 Å². The summed E-state index contributed by atoms with van der Waals surface area (Å²) in [5.41, 5.74) is 9.37. The van der Waals surface area contributed by atoms with Crippen molar-refractivity contribution in [2.24, 2.45) is 7.05 Å². The van der Waals surface area contributed by atoms with Crippen LogP contribution in [0.3, 0.4) is 0 Å². The number of nitrogens with zero attached hydrogens (tertiary/aromatic N) is 6. The van der Waals surface area contributed by atoms with Gasteiger partial charge in [-0.2, -0.15) is 19.0 Å². The third kappa shape index (κ3) is 5.25. The molecule has 0 saturated carbocycles. The SMILES string of the molecule is Cn1nc(-c2ccc(NS(=O)(=O)C(F)F)c(OCc3ncco3)c2)c2c(N)ncc(-c3cnn(C4CCOCC4)c3)c21. The molecule has 0 bridgehead atoms. The highest BCUT2D eigenvalue weighted by molar-refractivity contribution is 7.93. The highest BCUT2D eigenvalue weighted by Gasteiger charge is 2.27. The minimum Gasteiger partial charge on any atom is -0.482 e. The molecule has 0 unspecified atom stereocenters. The summed E-state index contributed by atoms with van der Waals surface area (Å²) in [6, 6.07) is 4.55. The molecule has 0 amide bonds. The summed E-state index contributed by atoms with van der Waals surface area (Å²) >= 11 is 0. The Morgan fingerprint density at radius 1 is 1.19 bits per heavy atom. The molecule has 3 N–H and O–H groups in total. The Kier molecular flexibility index (Phi) is 7.24. The molecule has 0 atom stereocenters. The number of rotatable bonds is 9. The zero-order valence-electron chi connectivity index (χ0n) is 22.3. The first-order chi connectivity index (χ1) is 20.2. The van der Waals surface area contributed by atoms with Crippen LogP contribution >= 0.6 is 0 Å². The van der Waals surface area contributed by atoms with Gasteiger partial charge in [0.2, 0.25) is 5.89 Å². The number of anilines is 2. The van der Waals surface area contributed by atoms with E-state index in [2.05, 4.69) is 15.1 Å². The van der Waals surface area contributed by atoms with Crippen molar-refractivity contribution in [3.8, 4) is 28.1 Å². The highest BCUT2D eigenvalue weighted by atomic mass is 32.2. The van der Waals surface area contributed by atoms with Crippen molar-refractivity contribution < 1.29 is 31.1 Å². The lowest BCUT2D eigenvalue weighted by Crippen LogP contribution is -2.21. The van der Waals surface area contributed by atoms with Gasteiger partial charge in [0.1, 0.15) is 23.5 Å². The van der Waals surface area contributed by atoms with Gasteiger partial charge >= 0.3 is 5.76 Å². The largest absolute Gasteiger partial charge is 0.482 e. The molecule has 13 nitrogen and oxygen atoms in total. The van der Waals surface area contributed by atoms with Crippen LogP contribution in [0.4, 0.5) is 20.3 Å². The van der Waals surface area contributed by atoms with E-state index in [9.17, 15) is 17.2 Å². The number of nitrogens with one attached hydrogen (secondary N) is 1. The van der Waals surface area contributed by atoms with Gasteiger partial charge in [0.05, 0.1) is 35.0 Å². The number of sulfonamides is 1. The number of ether oxygens (including phenoxy) is 2. The standard InChI is InChI=1S/C26H26F2N8O5S/c1-35-24-18(16-11-32-36(13-16)17-4-7-39-8-5-17)12-31-25(29)22(24)23(33-35)15-2-3-19(34-42(37,38)26(27)28)20(10-15)41-14-21-30-6-9-40-21/h2-3,6,9-13,17,26,34H,4-5,7-8,14H2,1H3,(H2,29,31).